The molecule has 21 heavy (non-hydrogen) atoms. The highest BCUT2D eigenvalue weighted by Crippen LogP contribution is 2.44. The van der Waals surface area contributed by atoms with E-state index in [1.165, 1.54) is 71.1 Å². The molecule has 2 nitrogen and oxygen atoms in total. The lowest BCUT2D eigenvalue weighted by Crippen LogP contribution is -2.45. The van der Waals surface area contributed by atoms with Gasteiger partial charge in [-0.15, -0.1) is 0 Å². The van der Waals surface area contributed by atoms with E-state index >= 15 is 0 Å². The van der Waals surface area contributed by atoms with Gasteiger partial charge in [-0.2, -0.15) is 0 Å². The van der Waals surface area contributed by atoms with Gasteiger partial charge < -0.3 is 10.2 Å². The zero-order chi connectivity index (χ0) is 15.3. The summed E-state index contributed by atoms with van der Waals surface area (Å²) in [5.74, 6) is 1.65. The Hall–Kier alpha value is -0.0800. The van der Waals surface area contributed by atoms with Gasteiger partial charge in [-0.1, -0.05) is 47.0 Å². The lowest BCUT2D eigenvalue weighted by molar-refractivity contribution is 0.120. The number of hydrogen-bond acceptors (Lipinski definition) is 2. The predicted molar refractivity (Wildman–Crippen MR) is 92.7 cm³/mol. The Morgan fingerprint density at radius 3 is 2.48 bits per heavy atom. The summed E-state index contributed by atoms with van der Waals surface area (Å²) in [6.07, 6.45) is 9.94. The molecule has 0 bridgehead atoms. The molecular formula is C19H38N2. The van der Waals surface area contributed by atoms with Crippen LogP contribution in [0.2, 0.25) is 0 Å². The Morgan fingerprint density at radius 1 is 1.14 bits per heavy atom. The molecule has 1 heterocycles. The predicted octanol–water partition coefficient (Wildman–Crippen LogP) is 4.30. The van der Waals surface area contributed by atoms with Crippen molar-refractivity contribution in [1.82, 2.24) is 10.2 Å². The van der Waals surface area contributed by atoms with Crippen LogP contribution >= 0.6 is 0 Å². The molecule has 0 aromatic rings. The highest BCUT2D eigenvalue weighted by molar-refractivity contribution is 4.90. The first-order valence-electron chi connectivity index (χ1n) is 9.50. The third-order valence-electron chi connectivity index (χ3n) is 5.91. The summed E-state index contributed by atoms with van der Waals surface area (Å²) in [5, 5.41) is 3.80. The summed E-state index contributed by atoms with van der Waals surface area (Å²) in [6.45, 7) is 14.7. The van der Waals surface area contributed by atoms with Gasteiger partial charge in [0, 0.05) is 19.1 Å². The van der Waals surface area contributed by atoms with Gasteiger partial charge in [-0.3, -0.25) is 0 Å². The van der Waals surface area contributed by atoms with Crippen LogP contribution in [0.4, 0.5) is 0 Å². The van der Waals surface area contributed by atoms with Gasteiger partial charge in [-0.25, -0.2) is 0 Å². The average molecular weight is 295 g/mol. The Kier molecular flexibility index (Phi) is 6.55. The van der Waals surface area contributed by atoms with E-state index in [0.29, 0.717) is 11.5 Å². The van der Waals surface area contributed by atoms with Gasteiger partial charge in [0.1, 0.15) is 0 Å². The monoisotopic (exact) mass is 294 g/mol. The number of rotatable bonds is 6. The first-order valence-corrected chi connectivity index (χ1v) is 9.50. The van der Waals surface area contributed by atoms with E-state index in [4.69, 9.17) is 0 Å². The van der Waals surface area contributed by atoms with Crippen molar-refractivity contribution >= 4 is 0 Å². The van der Waals surface area contributed by atoms with E-state index in [1.807, 2.05) is 0 Å². The minimum absolute atomic E-state index is 0.637. The molecule has 124 valence electrons. The molecule has 0 amide bonds. The van der Waals surface area contributed by atoms with Gasteiger partial charge in [-0.05, 0) is 56.0 Å². The van der Waals surface area contributed by atoms with E-state index in [9.17, 15) is 0 Å². The molecule has 2 aliphatic rings. The van der Waals surface area contributed by atoms with Crippen molar-refractivity contribution < 1.29 is 0 Å². The lowest BCUT2D eigenvalue weighted by Gasteiger charge is -2.38. The average Bonchev–Trinajstić information content (AvgIpc) is 2.75. The summed E-state index contributed by atoms with van der Waals surface area (Å²) >= 11 is 0. The Bertz CT molecular complexity index is 294. The van der Waals surface area contributed by atoms with Crippen LogP contribution in [0.15, 0.2) is 0 Å². The molecule has 0 aromatic heterocycles. The molecule has 0 spiro atoms. The topological polar surface area (TPSA) is 15.3 Å². The largest absolute Gasteiger partial charge is 0.312 e. The molecule has 1 saturated carbocycles. The SMILES string of the molecule is CCC(C)C1CN(CC2(CC(C)C)CCCC2)CCCN1. The van der Waals surface area contributed by atoms with Crippen LogP contribution in [0.25, 0.3) is 0 Å². The van der Waals surface area contributed by atoms with Crippen molar-refractivity contribution in [2.24, 2.45) is 17.3 Å². The molecule has 2 atom stereocenters. The number of nitrogens with zero attached hydrogens (tertiary/aromatic N) is 1. The molecule has 1 aliphatic heterocycles. The van der Waals surface area contributed by atoms with Crippen LogP contribution in [0.5, 0.6) is 0 Å². The molecule has 2 rings (SSSR count). The second-order valence-corrected chi connectivity index (χ2v) is 8.34. The van der Waals surface area contributed by atoms with Crippen LogP contribution in [0, 0.1) is 17.3 Å². The maximum Gasteiger partial charge on any atom is 0.0220 e. The molecule has 2 unspecified atom stereocenters. The van der Waals surface area contributed by atoms with Crippen LogP contribution in [0.3, 0.4) is 0 Å². The standard InChI is InChI=1S/C19H38N2/c1-5-17(4)18-14-21(12-8-11-20-18)15-19(13-16(2)3)9-6-7-10-19/h16-18,20H,5-15H2,1-4H3. The second kappa shape index (κ2) is 7.97. The molecule has 2 fully saturated rings. The van der Waals surface area contributed by atoms with Crippen LogP contribution in [-0.2, 0) is 0 Å². The molecule has 0 aromatic carbocycles. The molecule has 1 saturated heterocycles. The molecular weight excluding hydrogens is 256 g/mol. The van der Waals surface area contributed by atoms with Gasteiger partial charge in [0.15, 0.2) is 0 Å². The molecule has 1 aliphatic carbocycles. The normalized spacial score (nSPS) is 28.7. The first-order chi connectivity index (χ1) is 10.0. The summed E-state index contributed by atoms with van der Waals surface area (Å²) < 4.78 is 0. The highest BCUT2D eigenvalue weighted by Gasteiger charge is 2.36. The third-order valence-corrected chi connectivity index (χ3v) is 5.91. The fourth-order valence-electron chi connectivity index (χ4n) is 4.73. The summed E-state index contributed by atoms with van der Waals surface area (Å²) in [7, 11) is 0. The van der Waals surface area contributed by atoms with E-state index in [1.54, 1.807) is 0 Å². The van der Waals surface area contributed by atoms with Crippen LogP contribution < -0.4 is 5.32 Å². The van der Waals surface area contributed by atoms with Crippen molar-refractivity contribution in [2.75, 3.05) is 26.2 Å². The van der Waals surface area contributed by atoms with Gasteiger partial charge >= 0.3 is 0 Å². The number of nitrogens with one attached hydrogen (secondary N) is 1. The summed E-state index contributed by atoms with van der Waals surface area (Å²) in [6, 6.07) is 0.704. The van der Waals surface area contributed by atoms with Crippen molar-refractivity contribution in [3.8, 4) is 0 Å². The van der Waals surface area contributed by atoms with Gasteiger partial charge in [0.05, 0.1) is 0 Å². The molecule has 2 heteroatoms. The summed E-state index contributed by atoms with van der Waals surface area (Å²) in [5.41, 5.74) is 0.637. The van der Waals surface area contributed by atoms with E-state index in [-0.39, 0.29) is 0 Å². The summed E-state index contributed by atoms with van der Waals surface area (Å²) in [4.78, 5) is 2.81. The maximum absolute atomic E-state index is 3.80. The van der Waals surface area contributed by atoms with Crippen molar-refractivity contribution in [2.45, 2.75) is 78.7 Å². The quantitative estimate of drug-likeness (QED) is 0.785. The fourth-order valence-corrected chi connectivity index (χ4v) is 4.73. The number of hydrogen-bond donors (Lipinski definition) is 1. The first kappa shape index (κ1) is 17.3. The van der Waals surface area contributed by atoms with E-state index in [2.05, 4.69) is 37.9 Å². The van der Waals surface area contributed by atoms with Crippen LogP contribution in [0.1, 0.15) is 72.6 Å². The smallest absolute Gasteiger partial charge is 0.0220 e. The zero-order valence-corrected chi connectivity index (χ0v) is 15.0. The van der Waals surface area contributed by atoms with E-state index < -0.39 is 0 Å². The van der Waals surface area contributed by atoms with Crippen molar-refractivity contribution in [3.05, 3.63) is 0 Å². The van der Waals surface area contributed by atoms with Gasteiger partial charge in [0.2, 0.25) is 0 Å². The Morgan fingerprint density at radius 2 is 1.86 bits per heavy atom. The third kappa shape index (κ3) is 4.96. The lowest BCUT2D eigenvalue weighted by atomic mass is 9.78. The molecule has 1 N–H and O–H groups in total. The minimum atomic E-state index is 0.637. The fraction of sp³-hybridized carbons (Fsp3) is 1.00. The van der Waals surface area contributed by atoms with Crippen molar-refractivity contribution in [3.63, 3.8) is 0 Å². The second-order valence-electron chi connectivity index (χ2n) is 8.34. The Balaban J connectivity index is 1.98. The van der Waals surface area contributed by atoms with Crippen LogP contribution in [-0.4, -0.2) is 37.1 Å². The Labute approximate surface area is 133 Å². The van der Waals surface area contributed by atoms with Crippen molar-refractivity contribution in [1.29, 1.82) is 0 Å². The maximum atomic E-state index is 3.80. The zero-order valence-electron chi connectivity index (χ0n) is 15.0. The van der Waals surface area contributed by atoms with Gasteiger partial charge in [0.25, 0.3) is 0 Å². The minimum Gasteiger partial charge on any atom is -0.312 e. The highest BCUT2D eigenvalue weighted by atomic mass is 15.2. The van der Waals surface area contributed by atoms with E-state index in [0.717, 1.165) is 11.8 Å². The molecule has 0 radical (unpaired) electrons.